The fourth-order valence-electron chi connectivity index (χ4n) is 2.46. The molecule has 2 aliphatic heterocycles. The van der Waals surface area contributed by atoms with E-state index in [1.54, 1.807) is 6.26 Å². The van der Waals surface area contributed by atoms with Gasteiger partial charge in [0.1, 0.15) is 23.9 Å². The lowest BCUT2D eigenvalue weighted by Crippen LogP contribution is -2.34. The van der Waals surface area contributed by atoms with E-state index in [2.05, 4.69) is 24.8 Å². The number of furan rings is 1. The second kappa shape index (κ2) is 3.63. The van der Waals surface area contributed by atoms with Crippen LogP contribution < -0.4 is 10.2 Å². The molecular formula is C12H13N5O. The number of imidazole rings is 1. The number of rotatable bonds is 2. The van der Waals surface area contributed by atoms with Gasteiger partial charge in [0.2, 0.25) is 0 Å². The molecule has 6 heteroatoms. The Morgan fingerprint density at radius 1 is 1.39 bits per heavy atom. The summed E-state index contributed by atoms with van der Waals surface area (Å²) < 4.78 is 7.48. The van der Waals surface area contributed by atoms with Crippen LogP contribution in [0.5, 0.6) is 0 Å². The number of anilines is 1. The molecule has 0 aromatic carbocycles. The van der Waals surface area contributed by atoms with E-state index < -0.39 is 0 Å². The minimum Gasteiger partial charge on any atom is -0.467 e. The van der Waals surface area contributed by atoms with E-state index in [4.69, 9.17) is 4.42 Å². The van der Waals surface area contributed by atoms with E-state index in [1.807, 2.05) is 18.5 Å². The van der Waals surface area contributed by atoms with Gasteiger partial charge in [-0.3, -0.25) is 0 Å². The van der Waals surface area contributed by atoms with Gasteiger partial charge in [-0.05, 0) is 12.1 Å². The van der Waals surface area contributed by atoms with Crippen LogP contribution in [-0.2, 0) is 13.1 Å². The standard InChI is InChI=1S/C12H13N5O/c1-2-9(18-5-1)6-13-11-10-12-16(7-14-10)3-4-17(12)8-15-11/h1-2,5,7H,3-4,6,8H2,(H,13,15). The highest BCUT2D eigenvalue weighted by Gasteiger charge is 2.29. The smallest absolute Gasteiger partial charge is 0.153 e. The first-order valence-electron chi connectivity index (χ1n) is 6.03. The Bertz CT molecular complexity index is 598. The number of nitrogens with zero attached hydrogens (tertiary/aromatic N) is 4. The molecule has 0 spiro atoms. The zero-order chi connectivity index (χ0) is 11.9. The van der Waals surface area contributed by atoms with Crippen LogP contribution in [0.2, 0.25) is 0 Å². The first-order chi connectivity index (χ1) is 8.92. The molecule has 0 saturated heterocycles. The summed E-state index contributed by atoms with van der Waals surface area (Å²) in [6.07, 6.45) is 3.57. The molecule has 2 aromatic heterocycles. The van der Waals surface area contributed by atoms with Gasteiger partial charge in [-0.15, -0.1) is 0 Å². The molecule has 4 rings (SSSR count). The van der Waals surface area contributed by atoms with E-state index in [0.29, 0.717) is 13.2 Å². The minimum absolute atomic E-state index is 0.637. The first-order valence-corrected chi connectivity index (χ1v) is 6.03. The van der Waals surface area contributed by atoms with E-state index in [9.17, 15) is 0 Å². The zero-order valence-corrected chi connectivity index (χ0v) is 9.83. The fraction of sp³-hybridized carbons (Fsp3) is 0.333. The number of nitrogens with one attached hydrogen (secondary N) is 1. The van der Waals surface area contributed by atoms with Crippen LogP contribution in [0.25, 0.3) is 0 Å². The van der Waals surface area contributed by atoms with Crippen molar-refractivity contribution in [3.8, 4) is 0 Å². The predicted molar refractivity (Wildman–Crippen MR) is 66.5 cm³/mol. The number of hydrogen-bond donors (Lipinski definition) is 1. The molecule has 6 nitrogen and oxygen atoms in total. The highest BCUT2D eigenvalue weighted by Crippen LogP contribution is 2.28. The Morgan fingerprint density at radius 3 is 3.28 bits per heavy atom. The van der Waals surface area contributed by atoms with Crippen LogP contribution in [0.3, 0.4) is 0 Å². The van der Waals surface area contributed by atoms with Crippen molar-refractivity contribution in [3.63, 3.8) is 0 Å². The lowest BCUT2D eigenvalue weighted by molar-refractivity contribution is 0.503. The van der Waals surface area contributed by atoms with Crippen molar-refractivity contribution in [3.05, 3.63) is 36.2 Å². The summed E-state index contributed by atoms with van der Waals surface area (Å²) >= 11 is 0. The molecule has 2 aromatic rings. The van der Waals surface area contributed by atoms with Crippen molar-refractivity contribution in [2.24, 2.45) is 4.99 Å². The molecule has 2 aliphatic rings. The Kier molecular flexibility index (Phi) is 1.97. The van der Waals surface area contributed by atoms with E-state index in [-0.39, 0.29) is 0 Å². The van der Waals surface area contributed by atoms with Gasteiger partial charge in [0, 0.05) is 13.1 Å². The summed E-state index contributed by atoms with van der Waals surface area (Å²) in [6, 6.07) is 3.83. The van der Waals surface area contributed by atoms with Crippen molar-refractivity contribution < 1.29 is 4.42 Å². The van der Waals surface area contributed by atoms with Crippen molar-refractivity contribution in [1.82, 2.24) is 14.9 Å². The number of aromatic nitrogens is 2. The molecule has 92 valence electrons. The fourth-order valence-corrected chi connectivity index (χ4v) is 2.46. The maximum absolute atomic E-state index is 5.30. The summed E-state index contributed by atoms with van der Waals surface area (Å²) in [5.41, 5.74) is 0.949. The summed E-state index contributed by atoms with van der Waals surface area (Å²) in [4.78, 5) is 11.2. The third-order valence-corrected chi connectivity index (χ3v) is 3.35. The molecular weight excluding hydrogens is 230 g/mol. The zero-order valence-electron chi connectivity index (χ0n) is 9.83. The molecule has 4 heterocycles. The molecule has 1 N–H and O–H groups in total. The molecule has 0 unspecified atom stereocenters. The first kappa shape index (κ1) is 9.76. The molecule has 0 radical (unpaired) electrons. The van der Waals surface area contributed by atoms with Crippen LogP contribution in [0.15, 0.2) is 34.1 Å². The van der Waals surface area contributed by atoms with Crippen molar-refractivity contribution in [2.45, 2.75) is 13.1 Å². The third-order valence-electron chi connectivity index (χ3n) is 3.35. The largest absolute Gasteiger partial charge is 0.467 e. The van der Waals surface area contributed by atoms with Crippen LogP contribution in [0, 0.1) is 0 Å². The van der Waals surface area contributed by atoms with Crippen molar-refractivity contribution in [2.75, 3.05) is 18.1 Å². The Labute approximate surface area is 104 Å². The van der Waals surface area contributed by atoms with Gasteiger partial charge in [0.05, 0.1) is 19.1 Å². The Balaban J connectivity index is 1.59. The maximum atomic E-state index is 5.30. The lowest BCUT2D eigenvalue weighted by atomic mass is 10.3. The highest BCUT2D eigenvalue weighted by molar-refractivity contribution is 6.02. The van der Waals surface area contributed by atoms with Gasteiger partial charge >= 0.3 is 0 Å². The van der Waals surface area contributed by atoms with Crippen LogP contribution in [-0.4, -0.2) is 28.6 Å². The van der Waals surface area contributed by atoms with E-state index >= 15 is 0 Å². The van der Waals surface area contributed by atoms with Gasteiger partial charge in [-0.2, -0.15) is 0 Å². The molecule has 18 heavy (non-hydrogen) atoms. The summed E-state index contributed by atoms with van der Waals surface area (Å²) in [5, 5.41) is 3.30. The summed E-state index contributed by atoms with van der Waals surface area (Å²) in [5.74, 6) is 2.95. The van der Waals surface area contributed by atoms with Gasteiger partial charge in [0.25, 0.3) is 0 Å². The quantitative estimate of drug-likeness (QED) is 0.847. The van der Waals surface area contributed by atoms with Crippen molar-refractivity contribution >= 4 is 11.7 Å². The topological polar surface area (TPSA) is 58.6 Å². The molecule has 0 aliphatic carbocycles. The maximum Gasteiger partial charge on any atom is 0.153 e. The number of amidine groups is 1. The minimum atomic E-state index is 0.637. The average molecular weight is 243 g/mol. The normalized spacial score (nSPS) is 16.7. The number of aliphatic imine (C=N–C) groups is 1. The molecule has 0 fully saturated rings. The second-order valence-electron chi connectivity index (χ2n) is 4.45. The van der Waals surface area contributed by atoms with Crippen molar-refractivity contribution in [1.29, 1.82) is 0 Å². The van der Waals surface area contributed by atoms with E-state index in [0.717, 1.165) is 30.4 Å². The monoisotopic (exact) mass is 243 g/mol. The van der Waals surface area contributed by atoms with Gasteiger partial charge in [-0.25, -0.2) is 9.98 Å². The highest BCUT2D eigenvalue weighted by atomic mass is 16.3. The molecule has 0 saturated carbocycles. The molecule has 0 bridgehead atoms. The lowest BCUT2D eigenvalue weighted by Gasteiger charge is -2.22. The third kappa shape index (κ3) is 1.35. The molecule has 0 amide bonds. The summed E-state index contributed by atoms with van der Waals surface area (Å²) in [6.45, 7) is 3.38. The predicted octanol–water partition coefficient (Wildman–Crippen LogP) is 0.804. The summed E-state index contributed by atoms with van der Waals surface area (Å²) in [7, 11) is 0. The Hall–Kier alpha value is -2.24. The van der Waals surface area contributed by atoms with E-state index in [1.165, 1.54) is 5.82 Å². The molecule has 0 atom stereocenters. The number of hydrogen-bond acceptors (Lipinski definition) is 5. The van der Waals surface area contributed by atoms with Crippen LogP contribution in [0.4, 0.5) is 5.82 Å². The SMILES string of the molecule is c1coc(CNC2=NCN3CCn4cnc2c43)c1. The average Bonchev–Trinajstić information content (AvgIpc) is 3.10. The van der Waals surface area contributed by atoms with Gasteiger partial charge < -0.3 is 19.2 Å². The van der Waals surface area contributed by atoms with Crippen LogP contribution >= 0.6 is 0 Å². The Morgan fingerprint density at radius 2 is 2.39 bits per heavy atom. The second-order valence-corrected chi connectivity index (χ2v) is 4.45. The van der Waals surface area contributed by atoms with Crippen LogP contribution in [0.1, 0.15) is 11.5 Å². The van der Waals surface area contributed by atoms with Gasteiger partial charge in [-0.1, -0.05) is 0 Å². The van der Waals surface area contributed by atoms with Gasteiger partial charge in [0.15, 0.2) is 5.84 Å².